The molecule has 0 radical (unpaired) electrons. The molecule has 0 N–H and O–H groups in total. The van der Waals surface area contributed by atoms with E-state index in [4.69, 9.17) is 28.0 Å². The Balaban J connectivity index is 1.90. The van der Waals surface area contributed by atoms with Crippen LogP contribution in [-0.4, -0.2) is 27.7 Å². The third-order valence-corrected chi connectivity index (χ3v) is 4.20. The molecule has 0 atom stereocenters. The van der Waals surface area contributed by atoms with E-state index in [-0.39, 0.29) is 6.61 Å². The molecule has 1 heterocycles. The van der Waals surface area contributed by atoms with Crippen LogP contribution in [0.15, 0.2) is 28.5 Å². The van der Waals surface area contributed by atoms with Gasteiger partial charge >= 0.3 is 0 Å². The Morgan fingerprint density at radius 2 is 2.14 bits per heavy atom. The van der Waals surface area contributed by atoms with Crippen LogP contribution < -0.4 is 0 Å². The van der Waals surface area contributed by atoms with Gasteiger partial charge in [0.15, 0.2) is 0 Å². The molecule has 1 aromatic heterocycles. The topological polar surface area (TPSA) is 60.3 Å². The number of thioether (sulfide) groups is 1. The highest BCUT2D eigenvalue weighted by molar-refractivity contribution is 7.98. The Morgan fingerprint density at radius 1 is 1.32 bits per heavy atom. The third kappa shape index (κ3) is 4.56. The maximum absolute atomic E-state index is 6.06. The monoisotopic (exact) mass is 356 g/mol. The summed E-state index contributed by atoms with van der Waals surface area (Å²) in [4.78, 5) is 9.61. The lowest BCUT2D eigenvalue weighted by Gasteiger charge is -2.04. The molecule has 2 aromatic rings. The number of rotatable bonds is 6. The van der Waals surface area contributed by atoms with Gasteiger partial charge in [-0.15, -0.1) is 5.10 Å². The van der Waals surface area contributed by atoms with E-state index >= 15 is 0 Å². The summed E-state index contributed by atoms with van der Waals surface area (Å²) in [6.45, 7) is 2.12. The van der Waals surface area contributed by atoms with Gasteiger partial charge in [0, 0.05) is 18.2 Å². The first-order chi connectivity index (χ1) is 10.6. The molecule has 0 bridgehead atoms. The molecule has 1 aromatic carbocycles. The van der Waals surface area contributed by atoms with Gasteiger partial charge in [0.05, 0.1) is 21.4 Å². The number of benzene rings is 1. The Labute approximate surface area is 143 Å². The molecule has 8 heteroatoms. The normalized spacial score (nSPS) is 11.1. The lowest BCUT2D eigenvalue weighted by atomic mass is 10.2. The summed E-state index contributed by atoms with van der Waals surface area (Å²) in [6, 6.07) is 5.38. The molecule has 2 rings (SSSR count). The number of nitrogens with zero attached hydrogens (tertiary/aromatic N) is 4. The number of aromatic nitrogens is 3. The van der Waals surface area contributed by atoms with Crippen molar-refractivity contribution in [3.8, 4) is 0 Å². The molecule has 22 heavy (non-hydrogen) atoms. The number of hydrogen-bond acceptors (Lipinski definition) is 6. The summed E-state index contributed by atoms with van der Waals surface area (Å²) in [5.41, 5.74) is 2.39. The predicted octanol–water partition coefficient (Wildman–Crippen LogP) is 3.95. The van der Waals surface area contributed by atoms with Crippen molar-refractivity contribution < 1.29 is 4.84 Å². The van der Waals surface area contributed by atoms with Gasteiger partial charge in [-0.25, -0.2) is 4.98 Å². The first-order valence-electron chi connectivity index (χ1n) is 6.42. The van der Waals surface area contributed by atoms with Crippen LogP contribution >= 0.6 is 35.0 Å². The van der Waals surface area contributed by atoms with E-state index in [1.807, 2.05) is 25.3 Å². The smallest absolute Gasteiger partial charge is 0.209 e. The van der Waals surface area contributed by atoms with Crippen LogP contribution in [0.3, 0.4) is 0 Å². The molecule has 0 aliphatic rings. The van der Waals surface area contributed by atoms with Crippen LogP contribution in [0, 0.1) is 6.92 Å². The quantitative estimate of drug-likeness (QED) is 0.445. The minimum absolute atomic E-state index is 0.257. The van der Waals surface area contributed by atoms with E-state index in [1.54, 1.807) is 12.3 Å². The average Bonchev–Trinajstić information content (AvgIpc) is 2.52. The zero-order valence-corrected chi connectivity index (χ0v) is 14.4. The lowest BCUT2D eigenvalue weighted by Crippen LogP contribution is -2.02. The van der Waals surface area contributed by atoms with Crippen molar-refractivity contribution in [2.75, 3.05) is 6.26 Å². The van der Waals surface area contributed by atoms with Crippen molar-refractivity contribution in [3.63, 3.8) is 0 Å². The predicted molar refractivity (Wildman–Crippen MR) is 89.8 cm³/mol. The highest BCUT2D eigenvalue weighted by atomic mass is 35.5. The Hall–Kier alpha value is -1.37. The van der Waals surface area contributed by atoms with Gasteiger partial charge in [-0.05, 0) is 19.2 Å². The number of aryl methyl sites for hydroxylation is 1. The molecule has 0 spiro atoms. The summed E-state index contributed by atoms with van der Waals surface area (Å²) in [5, 5.41) is 13.5. The standard InChI is InChI=1S/C14H14Cl2N4OS/c1-9-12(18-14(22-2)20-19-9)6-7-17-21-8-10-4-3-5-11(15)13(10)16/h3-5,7H,6,8H2,1-2H3. The molecule has 0 unspecified atom stereocenters. The molecule has 5 nitrogen and oxygen atoms in total. The van der Waals surface area contributed by atoms with Crippen LogP contribution in [0.4, 0.5) is 0 Å². The van der Waals surface area contributed by atoms with Crippen molar-refractivity contribution in [2.45, 2.75) is 25.1 Å². The fourth-order valence-corrected chi connectivity index (χ4v) is 2.32. The van der Waals surface area contributed by atoms with Crippen LogP contribution in [0.1, 0.15) is 17.0 Å². The first-order valence-corrected chi connectivity index (χ1v) is 8.40. The van der Waals surface area contributed by atoms with Gasteiger partial charge in [0.1, 0.15) is 6.61 Å². The second kappa shape index (κ2) is 8.31. The fourth-order valence-electron chi connectivity index (χ4n) is 1.62. The van der Waals surface area contributed by atoms with Crippen LogP contribution in [0.25, 0.3) is 0 Å². The number of hydrogen-bond donors (Lipinski definition) is 0. The molecule has 0 aliphatic heterocycles. The van der Waals surface area contributed by atoms with E-state index in [9.17, 15) is 0 Å². The summed E-state index contributed by atoms with van der Waals surface area (Å²) < 4.78 is 0. The van der Waals surface area contributed by atoms with Gasteiger partial charge in [0.25, 0.3) is 0 Å². The molecular weight excluding hydrogens is 343 g/mol. The van der Waals surface area contributed by atoms with Crippen LogP contribution in [0.2, 0.25) is 10.0 Å². The van der Waals surface area contributed by atoms with E-state index in [2.05, 4.69) is 20.3 Å². The lowest BCUT2D eigenvalue weighted by molar-refractivity contribution is 0.131. The highest BCUT2D eigenvalue weighted by Gasteiger charge is 2.05. The van der Waals surface area contributed by atoms with Crippen molar-refractivity contribution in [3.05, 3.63) is 45.2 Å². The highest BCUT2D eigenvalue weighted by Crippen LogP contribution is 2.25. The SMILES string of the molecule is CSc1nnc(C)c(CC=NOCc2cccc(Cl)c2Cl)n1. The van der Waals surface area contributed by atoms with Gasteiger partial charge in [0.2, 0.25) is 5.16 Å². The Bertz CT molecular complexity index is 682. The Kier molecular flexibility index (Phi) is 6.42. The summed E-state index contributed by atoms with van der Waals surface area (Å²) in [6.07, 6.45) is 4.07. The fraction of sp³-hybridized carbons (Fsp3) is 0.286. The molecular formula is C14H14Cl2N4OS. The largest absolute Gasteiger partial charge is 0.391 e. The van der Waals surface area contributed by atoms with E-state index < -0.39 is 0 Å². The second-order valence-corrected chi connectivity index (χ2v) is 5.87. The average molecular weight is 357 g/mol. The molecule has 0 saturated carbocycles. The molecule has 0 aliphatic carbocycles. The summed E-state index contributed by atoms with van der Waals surface area (Å²) in [5.74, 6) is 0. The van der Waals surface area contributed by atoms with Crippen molar-refractivity contribution in [1.82, 2.24) is 15.2 Å². The van der Waals surface area contributed by atoms with Crippen molar-refractivity contribution >= 4 is 41.2 Å². The minimum atomic E-state index is 0.257. The molecule has 0 saturated heterocycles. The zero-order chi connectivity index (χ0) is 15.9. The van der Waals surface area contributed by atoms with Crippen LogP contribution in [0.5, 0.6) is 0 Å². The third-order valence-electron chi connectivity index (χ3n) is 2.80. The Morgan fingerprint density at radius 3 is 2.91 bits per heavy atom. The van der Waals surface area contributed by atoms with Gasteiger partial charge in [-0.2, -0.15) is 5.10 Å². The van der Waals surface area contributed by atoms with Gasteiger partial charge < -0.3 is 4.84 Å². The van der Waals surface area contributed by atoms with E-state index in [0.29, 0.717) is 21.6 Å². The molecule has 116 valence electrons. The van der Waals surface area contributed by atoms with Gasteiger partial charge in [-0.3, -0.25) is 0 Å². The maximum Gasteiger partial charge on any atom is 0.209 e. The van der Waals surface area contributed by atoms with Crippen molar-refractivity contribution in [1.29, 1.82) is 0 Å². The summed E-state index contributed by atoms with van der Waals surface area (Å²) in [7, 11) is 0. The number of oxime groups is 1. The summed E-state index contributed by atoms with van der Waals surface area (Å²) >= 11 is 13.4. The van der Waals surface area contributed by atoms with Crippen LogP contribution in [-0.2, 0) is 17.9 Å². The minimum Gasteiger partial charge on any atom is -0.391 e. The first kappa shape index (κ1) is 17.0. The maximum atomic E-state index is 6.06. The second-order valence-electron chi connectivity index (χ2n) is 4.31. The zero-order valence-electron chi connectivity index (χ0n) is 12.1. The van der Waals surface area contributed by atoms with E-state index in [0.717, 1.165) is 17.0 Å². The number of halogens is 2. The molecule has 0 amide bonds. The molecule has 0 fully saturated rings. The van der Waals surface area contributed by atoms with E-state index in [1.165, 1.54) is 11.8 Å². The van der Waals surface area contributed by atoms with Crippen molar-refractivity contribution in [2.24, 2.45) is 5.16 Å². The van der Waals surface area contributed by atoms with Gasteiger partial charge in [-0.1, -0.05) is 52.3 Å².